The molecular formula is C88H105F5N30O. The number of aryl methyl sites for hydroxylation is 5. The minimum absolute atomic E-state index is 0. The van der Waals surface area contributed by atoms with Gasteiger partial charge in [0, 0.05) is 106 Å². The van der Waals surface area contributed by atoms with Crippen LogP contribution in [0.25, 0.3) is 55.2 Å². The Bertz CT molecular complexity index is 6360. The van der Waals surface area contributed by atoms with Crippen LogP contribution in [-0.2, 0) is 10.2 Å². The molecule has 0 amide bonds. The van der Waals surface area contributed by atoms with Crippen LogP contribution in [0.3, 0.4) is 0 Å². The fourth-order valence-electron chi connectivity index (χ4n) is 18.7. The predicted octanol–water partition coefficient (Wildman–Crippen LogP) is 20.0. The number of H-pyrrole nitrogens is 5. The Morgan fingerprint density at radius 2 is 0.694 bits per heavy atom. The second kappa shape index (κ2) is 35.5. The van der Waals surface area contributed by atoms with Crippen LogP contribution in [0.15, 0.2) is 85.6 Å². The molecule has 15 aromatic rings. The lowest BCUT2D eigenvalue weighted by Crippen LogP contribution is -2.49. The monoisotopic (exact) mass is 1690 g/mol. The normalized spacial score (nSPS) is 20.0. The third-order valence-corrected chi connectivity index (χ3v) is 24.7. The number of ether oxygens (including phenoxy) is 1. The van der Waals surface area contributed by atoms with Gasteiger partial charge in [-0.05, 0) is 179 Å². The van der Waals surface area contributed by atoms with Gasteiger partial charge >= 0.3 is 0 Å². The first-order valence-electron chi connectivity index (χ1n) is 42.8. The van der Waals surface area contributed by atoms with E-state index in [1.807, 2.05) is 65.8 Å². The number of aromatic amines is 5. The molecule has 648 valence electrons. The van der Waals surface area contributed by atoms with Gasteiger partial charge in [-0.3, -0.25) is 25.5 Å². The molecule has 7 aliphatic carbocycles. The smallest absolute Gasteiger partial charge is 0.183 e. The highest BCUT2D eigenvalue weighted by Crippen LogP contribution is 2.60. The Morgan fingerprint density at radius 3 is 1.10 bits per heavy atom. The van der Waals surface area contributed by atoms with E-state index in [9.17, 15) is 22.0 Å². The van der Waals surface area contributed by atoms with Gasteiger partial charge in [0.15, 0.2) is 28.2 Å². The minimum Gasteiger partial charge on any atom is -0.381 e. The van der Waals surface area contributed by atoms with Gasteiger partial charge in [-0.25, -0.2) is 96.7 Å². The van der Waals surface area contributed by atoms with Crippen molar-refractivity contribution >= 4 is 113 Å². The van der Waals surface area contributed by atoms with E-state index in [-0.39, 0.29) is 16.9 Å². The van der Waals surface area contributed by atoms with Crippen LogP contribution in [0.1, 0.15) is 228 Å². The van der Waals surface area contributed by atoms with Gasteiger partial charge < -0.3 is 31.3 Å². The number of nitrogens with zero attached hydrogens (tertiary/aromatic N) is 20. The number of halogens is 5. The van der Waals surface area contributed by atoms with Crippen LogP contribution in [0.5, 0.6) is 0 Å². The van der Waals surface area contributed by atoms with E-state index in [1.54, 1.807) is 0 Å². The lowest BCUT2D eigenvalue weighted by molar-refractivity contribution is -0.00940. The first-order valence-corrected chi connectivity index (χ1v) is 42.8. The van der Waals surface area contributed by atoms with Gasteiger partial charge in [0.1, 0.15) is 116 Å². The number of nitrogens with one attached hydrogen (secondary N) is 10. The van der Waals surface area contributed by atoms with Crippen molar-refractivity contribution in [3.8, 4) is 0 Å². The third kappa shape index (κ3) is 18.7. The lowest BCUT2D eigenvalue weighted by Gasteiger charge is -2.56. The molecule has 31 nitrogen and oxygen atoms in total. The van der Waals surface area contributed by atoms with E-state index >= 15 is 0 Å². The van der Waals surface area contributed by atoms with Crippen molar-refractivity contribution in [2.75, 3.05) is 39.8 Å². The molecule has 8 fully saturated rings. The molecule has 23 rings (SSSR count). The predicted molar refractivity (Wildman–Crippen MR) is 468 cm³/mol. The number of hydrogen-bond acceptors (Lipinski definition) is 26. The van der Waals surface area contributed by atoms with E-state index in [0.717, 1.165) is 175 Å². The van der Waals surface area contributed by atoms with Gasteiger partial charge in [-0.15, -0.1) is 0 Å². The summed E-state index contributed by atoms with van der Waals surface area (Å²) in [5.41, 5.74) is 8.08. The Labute approximate surface area is 715 Å². The van der Waals surface area contributed by atoms with Crippen molar-refractivity contribution in [2.24, 2.45) is 23.7 Å². The molecule has 0 aromatic carbocycles. The molecule has 2 atom stereocenters. The Hall–Kier alpha value is -12.9. The average molecular weight is 1690 g/mol. The van der Waals surface area contributed by atoms with Crippen LogP contribution in [-0.4, -0.2) is 139 Å². The zero-order valence-corrected chi connectivity index (χ0v) is 70.0. The van der Waals surface area contributed by atoms with Crippen molar-refractivity contribution in [1.29, 1.82) is 0 Å². The summed E-state index contributed by atoms with van der Waals surface area (Å²) in [5.74, 6) is 13.6. The van der Waals surface area contributed by atoms with Gasteiger partial charge in [-0.2, -0.15) is 25.5 Å². The maximum atomic E-state index is 13.6. The van der Waals surface area contributed by atoms with Crippen molar-refractivity contribution in [1.82, 2.24) is 126 Å². The summed E-state index contributed by atoms with van der Waals surface area (Å²) >= 11 is 0. The molecule has 1 saturated heterocycles. The molecule has 15 aromatic heterocycles. The van der Waals surface area contributed by atoms with Crippen molar-refractivity contribution in [3.63, 3.8) is 0 Å². The van der Waals surface area contributed by atoms with Gasteiger partial charge in [-0.1, -0.05) is 51.9 Å². The van der Waals surface area contributed by atoms with E-state index in [4.69, 9.17) is 29.7 Å². The zero-order chi connectivity index (χ0) is 85.3. The van der Waals surface area contributed by atoms with Gasteiger partial charge in [0.2, 0.25) is 0 Å². The topological polar surface area (TPSA) is 406 Å². The van der Waals surface area contributed by atoms with Crippen LogP contribution >= 0.6 is 0 Å². The molecule has 124 heavy (non-hydrogen) atoms. The van der Waals surface area contributed by atoms with Crippen molar-refractivity contribution in [2.45, 2.75) is 206 Å². The largest absolute Gasteiger partial charge is 0.381 e. The lowest BCUT2D eigenvalue weighted by atomic mass is 9.49. The molecule has 7 saturated carbocycles. The summed E-state index contributed by atoms with van der Waals surface area (Å²) in [7, 11) is 0. The Morgan fingerprint density at radius 1 is 0.355 bits per heavy atom. The van der Waals surface area contributed by atoms with E-state index in [0.29, 0.717) is 131 Å². The first kappa shape index (κ1) is 82.1. The summed E-state index contributed by atoms with van der Waals surface area (Å²) in [6, 6.07) is 14.6. The molecule has 0 radical (unpaired) electrons. The molecule has 4 bridgehead atoms. The Kier molecular flexibility index (Phi) is 23.5. The maximum absolute atomic E-state index is 13.6. The van der Waals surface area contributed by atoms with Gasteiger partial charge in [0.25, 0.3) is 0 Å². The van der Waals surface area contributed by atoms with Gasteiger partial charge in [0.05, 0.1) is 57.9 Å². The minimum atomic E-state index is -0.409. The molecule has 1 aliphatic heterocycles. The Balaban J connectivity index is 0.000000129. The second-order valence-corrected chi connectivity index (χ2v) is 34.3. The molecule has 8 aliphatic rings. The number of hydrogen-bond donors (Lipinski definition) is 10. The number of aromatic nitrogens is 25. The van der Waals surface area contributed by atoms with Crippen LogP contribution < -0.4 is 26.6 Å². The molecule has 0 unspecified atom stereocenters. The quantitative estimate of drug-likeness (QED) is 0.0337. The number of fused-ring (bicyclic) bond motifs is 5. The number of anilines is 10. The number of pyridine rings is 5. The van der Waals surface area contributed by atoms with Crippen LogP contribution in [0.2, 0.25) is 0 Å². The highest BCUT2D eigenvalue weighted by molar-refractivity contribution is 5.92. The first-order chi connectivity index (χ1) is 60.1. The maximum Gasteiger partial charge on any atom is 0.183 e. The van der Waals surface area contributed by atoms with Crippen molar-refractivity contribution in [3.05, 3.63) is 178 Å². The molecule has 10 N–H and O–H groups in total. The highest BCUT2D eigenvalue weighted by Gasteiger charge is 2.53. The summed E-state index contributed by atoms with van der Waals surface area (Å²) < 4.78 is 72.8. The summed E-state index contributed by atoms with van der Waals surface area (Å²) in [6.45, 7) is 15.6. The van der Waals surface area contributed by atoms with E-state index in [1.165, 1.54) is 120 Å². The fourth-order valence-corrected chi connectivity index (χ4v) is 18.7. The van der Waals surface area contributed by atoms with Crippen LogP contribution in [0, 0.1) is 94.3 Å². The zero-order valence-electron chi connectivity index (χ0n) is 70.0. The molecular weight excluding hydrogens is 1590 g/mol. The molecule has 0 spiro atoms. The highest BCUT2D eigenvalue weighted by atomic mass is 19.1. The summed E-state index contributed by atoms with van der Waals surface area (Å²) in [4.78, 5) is 66.8. The standard InChI is InChI=1S/C21H23FN6.C19H23FN6.C18H21FN6.C16H17FN6O.C14H13FN6.4H2/c1-11-2-17(25-19-16-6-15(22)10-23-18(16)27-28-19)26-20(24-11)21-7-12-3-13(8-21)5-14(4-12)9-21;1-11-12(2)22-17(13-7-5-3-4-6-8-13)23-16(11)24-19-15-9-14(20)10-21-18(15)25-26-19;1-10-5-3-4-6-13(10)17-21-11(2)7-15(22-17)23-18-14-8-12(19)9-20-16(14)24-25-18;1-9-6-13(20-14(19-9)10-2-4-24-5-3-10)21-16-12-7-11(17)8-18-15(12)22-23-16;1-7-4-11(18-12(17-7)8-2-3-8)19-14-10-5-9(15)6-16-13(10)20-21-14;;;;/h2,6,10,12-14H,3-5,7-9H2,1H3,(H2,23,24,25,26,27,28);9-10,13H,3-8H2,1-2H3,(H2,21,22,23,24,25,26);7-10,13H,3-6H2,1-2H3,(H2,20,21,22,23,24,25);6-8,10H,2-5H2,1H3,(H2,18,19,20,21,22,23);4-6,8H,2-3H2,1H3,(H2,16,17,18,19,20,21);4*1H/t;;10-,13-;;;;;;/m..0....../s1. The van der Waals surface area contributed by atoms with Crippen molar-refractivity contribution < 1.29 is 32.4 Å². The SMILES string of the molecule is Cc1cc(Nc2[nH]nc3ncc(F)cc23)nc(C23CC4CC(CC(C4)C2)C3)n1.Cc1cc(Nc2[nH]nc3ncc(F)cc23)nc(C2CC2)n1.Cc1cc(Nc2[nH]nc3ncc(F)cc23)nc(C2CCOCC2)n1.Cc1cc(Nc2[nH]nc3ncc(F)cc23)nc([C@H]2CCCC[C@@H]2C)n1.Cc1nc(C2CCCCCC2)nc(Nc2[nH]nc3ncc(F)cc23)c1C.[HH].[HH].[HH].[HH]. The summed E-state index contributed by atoms with van der Waals surface area (Å²) in [6.07, 6.45) is 30.0. The second-order valence-electron chi connectivity index (χ2n) is 34.3. The number of rotatable bonds is 15. The fraction of sp³-hybridized carbons (Fsp3) is 0.432. The van der Waals surface area contributed by atoms with E-state index in [2.05, 4.69) is 134 Å². The third-order valence-electron chi connectivity index (χ3n) is 24.7. The molecule has 36 heteroatoms. The van der Waals surface area contributed by atoms with Crippen LogP contribution in [0.4, 0.5) is 80.1 Å². The summed E-state index contributed by atoms with van der Waals surface area (Å²) in [5, 5.41) is 53.9. The van der Waals surface area contributed by atoms with E-state index < -0.39 is 23.3 Å². The molecule has 16 heterocycles. The average Bonchev–Trinajstić information content (AvgIpc) is 1.10.